The molecule has 184 valence electrons. The largest absolute Gasteiger partial charge is 0.481 e. The molecular weight excluding hydrogens is 436 g/mol. The van der Waals surface area contributed by atoms with Gasteiger partial charge in [-0.3, -0.25) is 9.36 Å². The molecule has 0 aliphatic carbocycles. The Hall–Kier alpha value is -3.08. The van der Waals surface area contributed by atoms with Crippen LogP contribution >= 0.6 is 0 Å². The standard InChI is InChI=1S/C24H34N6O4/c1-4-12-34-14-11-30-20-15-19(18-6-7-21(33-3)27-16-18)17-28-22(20)29-23(24(30)31)26-9-5-8-25-10-13-32-2/h6-7,15-17,25H,4-5,8-14H2,1-3H3,(H,26,28,29). The summed E-state index contributed by atoms with van der Waals surface area (Å²) in [6, 6.07) is 5.62. The van der Waals surface area contributed by atoms with Crippen LogP contribution < -0.4 is 20.9 Å². The zero-order chi connectivity index (χ0) is 24.2. The van der Waals surface area contributed by atoms with Gasteiger partial charge in [0, 0.05) is 62.9 Å². The van der Waals surface area contributed by atoms with E-state index in [2.05, 4.69) is 32.5 Å². The van der Waals surface area contributed by atoms with Gasteiger partial charge in [0.25, 0.3) is 5.56 Å². The summed E-state index contributed by atoms with van der Waals surface area (Å²) in [6.07, 6.45) is 5.23. The smallest absolute Gasteiger partial charge is 0.293 e. The number of nitrogens with zero attached hydrogens (tertiary/aromatic N) is 4. The van der Waals surface area contributed by atoms with Gasteiger partial charge in [0.15, 0.2) is 11.5 Å². The number of hydrogen-bond acceptors (Lipinski definition) is 9. The zero-order valence-corrected chi connectivity index (χ0v) is 20.2. The molecule has 2 N–H and O–H groups in total. The molecule has 0 aliphatic rings. The van der Waals surface area contributed by atoms with Crippen LogP contribution in [0.25, 0.3) is 22.3 Å². The van der Waals surface area contributed by atoms with Crippen molar-refractivity contribution in [2.45, 2.75) is 26.3 Å². The van der Waals surface area contributed by atoms with E-state index in [0.717, 1.165) is 37.1 Å². The molecule has 0 aromatic carbocycles. The molecule has 3 aromatic heterocycles. The molecule has 0 amide bonds. The molecule has 10 nitrogen and oxygen atoms in total. The van der Waals surface area contributed by atoms with Gasteiger partial charge in [-0.1, -0.05) is 6.92 Å². The highest BCUT2D eigenvalue weighted by Crippen LogP contribution is 2.23. The van der Waals surface area contributed by atoms with Crippen LogP contribution in [0.2, 0.25) is 0 Å². The number of anilines is 1. The van der Waals surface area contributed by atoms with Gasteiger partial charge in [-0.15, -0.1) is 0 Å². The lowest BCUT2D eigenvalue weighted by atomic mass is 10.1. The number of rotatable bonds is 15. The highest BCUT2D eigenvalue weighted by molar-refractivity contribution is 5.78. The van der Waals surface area contributed by atoms with E-state index in [9.17, 15) is 4.79 Å². The van der Waals surface area contributed by atoms with Gasteiger partial charge in [-0.2, -0.15) is 0 Å². The fourth-order valence-corrected chi connectivity index (χ4v) is 3.41. The van der Waals surface area contributed by atoms with Gasteiger partial charge in [0.2, 0.25) is 5.88 Å². The highest BCUT2D eigenvalue weighted by Gasteiger charge is 2.13. The molecule has 0 fully saturated rings. The Balaban J connectivity index is 1.84. The monoisotopic (exact) mass is 470 g/mol. The Morgan fingerprint density at radius 2 is 1.85 bits per heavy atom. The third kappa shape index (κ3) is 6.96. The first-order valence-electron chi connectivity index (χ1n) is 11.6. The lowest BCUT2D eigenvalue weighted by Gasteiger charge is -2.14. The van der Waals surface area contributed by atoms with Crippen molar-refractivity contribution >= 4 is 17.0 Å². The van der Waals surface area contributed by atoms with Crippen molar-refractivity contribution in [3.63, 3.8) is 0 Å². The van der Waals surface area contributed by atoms with E-state index in [-0.39, 0.29) is 5.56 Å². The predicted octanol–water partition coefficient (Wildman–Crippen LogP) is 2.33. The lowest BCUT2D eigenvalue weighted by Crippen LogP contribution is -2.28. The van der Waals surface area contributed by atoms with Crippen molar-refractivity contribution in [2.24, 2.45) is 0 Å². The number of pyridine rings is 2. The van der Waals surface area contributed by atoms with Gasteiger partial charge in [-0.05, 0) is 31.5 Å². The van der Waals surface area contributed by atoms with Crippen LogP contribution in [0.15, 0.2) is 35.4 Å². The third-order valence-electron chi connectivity index (χ3n) is 5.20. The second-order valence-electron chi connectivity index (χ2n) is 7.71. The zero-order valence-electron chi connectivity index (χ0n) is 20.2. The topological polar surface area (TPSA) is 112 Å². The van der Waals surface area contributed by atoms with Crippen LogP contribution in [0.4, 0.5) is 5.82 Å². The molecule has 0 aliphatic heterocycles. The summed E-state index contributed by atoms with van der Waals surface area (Å²) in [5.74, 6) is 0.833. The molecule has 3 heterocycles. The van der Waals surface area contributed by atoms with E-state index in [1.165, 1.54) is 0 Å². The fourth-order valence-electron chi connectivity index (χ4n) is 3.41. The van der Waals surface area contributed by atoms with Crippen molar-refractivity contribution in [1.82, 2.24) is 24.8 Å². The summed E-state index contributed by atoms with van der Waals surface area (Å²) >= 11 is 0. The summed E-state index contributed by atoms with van der Waals surface area (Å²) in [5.41, 5.74) is 2.69. The molecule has 0 saturated heterocycles. The van der Waals surface area contributed by atoms with Crippen molar-refractivity contribution in [3.8, 4) is 17.0 Å². The quantitative estimate of drug-likeness (QED) is 0.323. The van der Waals surface area contributed by atoms with E-state index in [0.29, 0.717) is 55.8 Å². The summed E-state index contributed by atoms with van der Waals surface area (Å²) in [4.78, 5) is 26.6. The number of nitrogens with one attached hydrogen (secondary N) is 2. The normalized spacial score (nSPS) is 11.1. The number of methoxy groups -OCH3 is 2. The van der Waals surface area contributed by atoms with E-state index in [1.54, 1.807) is 37.2 Å². The molecule has 0 bridgehead atoms. The molecule has 10 heteroatoms. The molecule has 3 rings (SSSR count). The Bertz CT molecular complexity index is 1090. The van der Waals surface area contributed by atoms with Gasteiger partial charge < -0.3 is 24.8 Å². The van der Waals surface area contributed by atoms with Crippen LogP contribution in [0.5, 0.6) is 5.88 Å². The van der Waals surface area contributed by atoms with Crippen molar-refractivity contribution in [1.29, 1.82) is 0 Å². The fraction of sp³-hybridized carbons (Fsp3) is 0.500. The molecular formula is C24H34N6O4. The van der Waals surface area contributed by atoms with E-state index >= 15 is 0 Å². The average molecular weight is 471 g/mol. The molecule has 0 unspecified atom stereocenters. The molecule has 0 radical (unpaired) electrons. The third-order valence-corrected chi connectivity index (χ3v) is 5.20. The minimum Gasteiger partial charge on any atom is -0.481 e. The van der Waals surface area contributed by atoms with Crippen LogP contribution in [-0.2, 0) is 16.0 Å². The first kappa shape index (κ1) is 25.5. The van der Waals surface area contributed by atoms with E-state index < -0.39 is 0 Å². The van der Waals surface area contributed by atoms with Crippen LogP contribution in [0, 0.1) is 0 Å². The Morgan fingerprint density at radius 1 is 1.00 bits per heavy atom. The summed E-state index contributed by atoms with van der Waals surface area (Å²) < 4.78 is 17.5. The first-order valence-corrected chi connectivity index (χ1v) is 11.6. The number of fused-ring (bicyclic) bond motifs is 1. The van der Waals surface area contributed by atoms with Crippen molar-refractivity contribution in [2.75, 3.05) is 59.0 Å². The number of ether oxygens (including phenoxy) is 3. The van der Waals surface area contributed by atoms with Crippen molar-refractivity contribution < 1.29 is 14.2 Å². The summed E-state index contributed by atoms with van der Waals surface area (Å²) in [7, 11) is 3.26. The summed E-state index contributed by atoms with van der Waals surface area (Å²) in [5, 5.41) is 6.46. The van der Waals surface area contributed by atoms with Crippen molar-refractivity contribution in [3.05, 3.63) is 40.9 Å². The van der Waals surface area contributed by atoms with E-state index in [1.807, 2.05) is 12.1 Å². The molecule has 0 spiro atoms. The van der Waals surface area contributed by atoms with Gasteiger partial charge in [0.1, 0.15) is 0 Å². The molecule has 34 heavy (non-hydrogen) atoms. The highest BCUT2D eigenvalue weighted by atomic mass is 16.5. The maximum absolute atomic E-state index is 13.3. The van der Waals surface area contributed by atoms with Crippen LogP contribution in [0.1, 0.15) is 19.8 Å². The maximum Gasteiger partial charge on any atom is 0.293 e. The second kappa shape index (κ2) is 13.6. The molecule has 0 saturated carbocycles. The molecule has 0 atom stereocenters. The SMILES string of the molecule is CCCOCCn1c(=O)c(NCCCNCCOC)nc2ncc(-c3ccc(OC)nc3)cc21. The van der Waals surface area contributed by atoms with Gasteiger partial charge in [-0.25, -0.2) is 15.0 Å². The lowest BCUT2D eigenvalue weighted by molar-refractivity contribution is 0.127. The Labute approximate surface area is 199 Å². The second-order valence-corrected chi connectivity index (χ2v) is 7.71. The minimum atomic E-state index is -0.188. The molecule has 3 aromatic rings. The Kier molecular flexibility index (Phi) is 10.2. The van der Waals surface area contributed by atoms with Crippen LogP contribution in [-0.4, -0.2) is 73.2 Å². The minimum absolute atomic E-state index is 0.188. The van der Waals surface area contributed by atoms with Gasteiger partial charge >= 0.3 is 0 Å². The Morgan fingerprint density at radius 3 is 2.59 bits per heavy atom. The first-order chi connectivity index (χ1) is 16.7. The van der Waals surface area contributed by atoms with Crippen LogP contribution in [0.3, 0.4) is 0 Å². The predicted molar refractivity (Wildman–Crippen MR) is 133 cm³/mol. The number of hydrogen-bond donors (Lipinski definition) is 2. The average Bonchev–Trinajstić information content (AvgIpc) is 2.87. The maximum atomic E-state index is 13.3. The summed E-state index contributed by atoms with van der Waals surface area (Å²) in [6.45, 7) is 6.46. The van der Waals surface area contributed by atoms with Gasteiger partial charge in [0.05, 0.1) is 25.8 Å². The van der Waals surface area contributed by atoms with E-state index in [4.69, 9.17) is 14.2 Å². The number of aromatic nitrogens is 4.